The number of urea groups is 1. The summed E-state index contributed by atoms with van der Waals surface area (Å²) in [5.41, 5.74) is 0.752. The number of benzene rings is 1. The molecule has 2 N–H and O–H groups in total. The van der Waals surface area contributed by atoms with E-state index in [0.29, 0.717) is 0 Å². The van der Waals surface area contributed by atoms with Crippen molar-refractivity contribution in [3.05, 3.63) is 47.2 Å². The second-order valence-electron chi connectivity index (χ2n) is 4.06. The van der Waals surface area contributed by atoms with Gasteiger partial charge in [0.1, 0.15) is 5.70 Å². The van der Waals surface area contributed by atoms with Crippen molar-refractivity contribution in [3.8, 4) is 6.07 Å². The predicted octanol–water partition coefficient (Wildman–Crippen LogP) is 1.38. The van der Waals surface area contributed by atoms with Gasteiger partial charge in [0, 0.05) is 0 Å². The van der Waals surface area contributed by atoms with Crippen LogP contribution in [0.25, 0.3) is 0 Å². The molecule has 20 heavy (non-hydrogen) atoms. The third-order valence-corrected chi connectivity index (χ3v) is 2.80. The van der Waals surface area contributed by atoms with Gasteiger partial charge >= 0.3 is 12.0 Å². The number of esters is 1. The van der Waals surface area contributed by atoms with E-state index in [1.54, 1.807) is 31.2 Å². The summed E-state index contributed by atoms with van der Waals surface area (Å²) >= 11 is 0. The fraction of sp³-hybridized carbons (Fsp3) is 0.214. The highest BCUT2D eigenvalue weighted by atomic mass is 16.5. The molecule has 0 fully saturated rings. The maximum absolute atomic E-state index is 11.8. The summed E-state index contributed by atoms with van der Waals surface area (Å²) in [4.78, 5) is 23.5. The van der Waals surface area contributed by atoms with Crippen LogP contribution in [0.4, 0.5) is 4.79 Å². The lowest BCUT2D eigenvalue weighted by molar-refractivity contribution is -0.139. The first kappa shape index (κ1) is 13.6. The van der Waals surface area contributed by atoms with Gasteiger partial charge in [-0.2, -0.15) is 5.26 Å². The van der Waals surface area contributed by atoms with Gasteiger partial charge in [-0.3, -0.25) is 0 Å². The number of nitrogens with zero attached hydrogens (tertiary/aromatic N) is 1. The van der Waals surface area contributed by atoms with E-state index in [0.717, 1.165) is 5.56 Å². The van der Waals surface area contributed by atoms with Gasteiger partial charge in [-0.15, -0.1) is 0 Å². The average molecular weight is 271 g/mol. The summed E-state index contributed by atoms with van der Waals surface area (Å²) in [5.74, 6) is -0.708. The minimum atomic E-state index is -0.708. The van der Waals surface area contributed by atoms with Gasteiger partial charge in [0.25, 0.3) is 0 Å². The Kier molecular flexibility index (Phi) is 4.01. The van der Waals surface area contributed by atoms with Crippen LogP contribution < -0.4 is 10.6 Å². The molecule has 0 radical (unpaired) electrons. The minimum absolute atomic E-state index is 0.105. The molecule has 1 aliphatic rings. The molecule has 0 saturated heterocycles. The van der Waals surface area contributed by atoms with E-state index in [4.69, 9.17) is 4.74 Å². The highest BCUT2D eigenvalue weighted by Crippen LogP contribution is 2.26. The van der Waals surface area contributed by atoms with Gasteiger partial charge in [0.15, 0.2) is 0 Å². The van der Waals surface area contributed by atoms with E-state index < -0.39 is 18.0 Å². The highest BCUT2D eigenvalue weighted by molar-refractivity contribution is 5.97. The third kappa shape index (κ3) is 2.62. The Morgan fingerprint density at radius 2 is 2.10 bits per heavy atom. The normalized spacial score (nSPS) is 17.8. The maximum atomic E-state index is 11.8. The lowest BCUT2D eigenvalue weighted by atomic mass is 9.96. The Morgan fingerprint density at radius 1 is 1.40 bits per heavy atom. The Morgan fingerprint density at radius 3 is 2.70 bits per heavy atom. The Hall–Kier alpha value is -2.81. The topological polar surface area (TPSA) is 91.2 Å². The number of ether oxygens (including phenoxy) is 1. The zero-order chi connectivity index (χ0) is 14.5. The second-order valence-corrected chi connectivity index (χ2v) is 4.06. The number of carbonyl (C=O) groups excluding carboxylic acids is 2. The fourth-order valence-corrected chi connectivity index (χ4v) is 1.94. The zero-order valence-electron chi connectivity index (χ0n) is 10.8. The molecule has 1 aromatic rings. The van der Waals surface area contributed by atoms with Crippen molar-refractivity contribution >= 4 is 12.0 Å². The highest BCUT2D eigenvalue weighted by Gasteiger charge is 2.32. The van der Waals surface area contributed by atoms with E-state index in [9.17, 15) is 14.9 Å². The maximum Gasteiger partial charge on any atom is 0.356 e. The van der Waals surface area contributed by atoms with E-state index in [2.05, 4.69) is 10.6 Å². The molecular formula is C14H13N3O3. The smallest absolute Gasteiger partial charge is 0.356 e. The molecule has 1 aliphatic heterocycles. The van der Waals surface area contributed by atoms with Crippen LogP contribution in [-0.2, 0) is 9.53 Å². The van der Waals surface area contributed by atoms with Crippen molar-refractivity contribution in [2.75, 3.05) is 6.61 Å². The summed E-state index contributed by atoms with van der Waals surface area (Å²) in [6.45, 7) is 1.82. The second kappa shape index (κ2) is 5.89. The molecule has 0 saturated carbocycles. The van der Waals surface area contributed by atoms with Crippen LogP contribution in [0, 0.1) is 11.3 Å². The molecule has 6 nitrogen and oxygen atoms in total. The molecule has 1 heterocycles. The number of nitriles is 1. The summed E-state index contributed by atoms with van der Waals surface area (Å²) in [6, 6.07) is 9.73. The summed E-state index contributed by atoms with van der Waals surface area (Å²) < 4.78 is 4.86. The van der Waals surface area contributed by atoms with Gasteiger partial charge in [-0.1, -0.05) is 30.3 Å². The van der Waals surface area contributed by atoms with Crippen LogP contribution in [0.5, 0.6) is 0 Å². The van der Waals surface area contributed by atoms with Crippen molar-refractivity contribution in [1.82, 2.24) is 10.6 Å². The number of carbonyl (C=O) groups is 2. The summed E-state index contributed by atoms with van der Waals surface area (Å²) in [5, 5.41) is 14.2. The van der Waals surface area contributed by atoms with Crippen molar-refractivity contribution in [2.24, 2.45) is 0 Å². The fourth-order valence-electron chi connectivity index (χ4n) is 1.94. The number of amides is 2. The zero-order valence-corrected chi connectivity index (χ0v) is 10.8. The van der Waals surface area contributed by atoms with Crippen molar-refractivity contribution in [3.63, 3.8) is 0 Å². The number of rotatable bonds is 3. The molecule has 0 bridgehead atoms. The molecule has 2 amide bonds. The summed E-state index contributed by atoms with van der Waals surface area (Å²) in [6.07, 6.45) is 0. The Bertz CT molecular complexity index is 602. The molecule has 0 unspecified atom stereocenters. The lowest BCUT2D eigenvalue weighted by Gasteiger charge is -2.26. The van der Waals surface area contributed by atoms with E-state index in [-0.39, 0.29) is 17.9 Å². The Labute approximate surface area is 116 Å². The number of nitrogens with one attached hydrogen (secondary N) is 2. The Balaban J connectivity index is 2.46. The molecule has 0 aromatic heterocycles. The van der Waals surface area contributed by atoms with Gasteiger partial charge < -0.3 is 15.4 Å². The minimum Gasteiger partial charge on any atom is -0.461 e. The number of hydrogen-bond donors (Lipinski definition) is 2. The molecule has 0 spiro atoms. The van der Waals surface area contributed by atoms with Crippen LogP contribution in [0.3, 0.4) is 0 Å². The lowest BCUT2D eigenvalue weighted by Crippen LogP contribution is -2.46. The van der Waals surface area contributed by atoms with Crippen LogP contribution >= 0.6 is 0 Å². The van der Waals surface area contributed by atoms with Gasteiger partial charge in [-0.05, 0) is 12.5 Å². The van der Waals surface area contributed by atoms with Crippen LogP contribution in [0.1, 0.15) is 18.5 Å². The standard InChI is InChI=1S/C14H13N3O3/c1-2-20-13(18)12-10(8-15)11(16-14(19)17-12)9-6-4-3-5-7-9/h3-7,11H,2H2,1H3,(H2,16,17,19)/t11-/m1/s1. The molecule has 0 aliphatic carbocycles. The molecule has 2 rings (SSSR count). The summed E-state index contributed by atoms with van der Waals surface area (Å²) in [7, 11) is 0. The first-order valence-electron chi connectivity index (χ1n) is 6.11. The molecule has 1 aromatic carbocycles. The monoisotopic (exact) mass is 271 g/mol. The van der Waals surface area contributed by atoms with Crippen molar-refractivity contribution in [1.29, 1.82) is 5.26 Å². The van der Waals surface area contributed by atoms with E-state index in [1.165, 1.54) is 0 Å². The van der Waals surface area contributed by atoms with Crippen molar-refractivity contribution in [2.45, 2.75) is 13.0 Å². The molecule has 1 atom stereocenters. The number of hydrogen-bond acceptors (Lipinski definition) is 4. The van der Waals surface area contributed by atoms with E-state index in [1.807, 2.05) is 12.1 Å². The van der Waals surface area contributed by atoms with Crippen molar-refractivity contribution < 1.29 is 14.3 Å². The van der Waals surface area contributed by atoms with E-state index >= 15 is 0 Å². The first-order valence-corrected chi connectivity index (χ1v) is 6.11. The quantitative estimate of drug-likeness (QED) is 0.812. The van der Waals surface area contributed by atoms with Gasteiger partial charge in [-0.25, -0.2) is 9.59 Å². The first-order chi connectivity index (χ1) is 9.67. The molecular weight excluding hydrogens is 258 g/mol. The molecule has 102 valence electrons. The van der Waals surface area contributed by atoms with Crippen LogP contribution in [0.15, 0.2) is 41.6 Å². The third-order valence-electron chi connectivity index (χ3n) is 2.80. The largest absolute Gasteiger partial charge is 0.461 e. The van der Waals surface area contributed by atoms with Gasteiger partial charge in [0.2, 0.25) is 0 Å². The predicted molar refractivity (Wildman–Crippen MR) is 70.1 cm³/mol. The van der Waals surface area contributed by atoms with Gasteiger partial charge in [0.05, 0.1) is 24.3 Å². The average Bonchev–Trinajstić information content (AvgIpc) is 2.47. The molecule has 6 heteroatoms. The SMILES string of the molecule is CCOC(=O)C1=C(C#N)[C@@H](c2ccccc2)NC(=O)N1. The van der Waals surface area contributed by atoms with Crippen LogP contribution in [-0.4, -0.2) is 18.6 Å². The van der Waals surface area contributed by atoms with Crippen LogP contribution in [0.2, 0.25) is 0 Å².